The van der Waals surface area contributed by atoms with Crippen molar-refractivity contribution in [3.8, 4) is 17.2 Å². The number of methoxy groups -OCH3 is 2. The molecule has 1 heterocycles. The first-order valence-corrected chi connectivity index (χ1v) is 11.5. The average Bonchev–Trinajstić information content (AvgIpc) is 3.14. The lowest BCUT2D eigenvalue weighted by atomic mass is 9.94. The monoisotopic (exact) mass is 501 g/mol. The number of amides is 1. The van der Waals surface area contributed by atoms with Gasteiger partial charge in [0.1, 0.15) is 11.5 Å². The second-order valence-electron chi connectivity index (χ2n) is 8.67. The van der Waals surface area contributed by atoms with Crippen molar-refractivity contribution in [2.75, 3.05) is 19.1 Å². The highest BCUT2D eigenvalue weighted by atomic mass is 16.5. The topological polar surface area (TPSA) is 102 Å². The minimum atomic E-state index is -0.981. The molecule has 3 aromatic carbocycles. The number of Topliss-reactive ketones (excluding diaryl/α,β-unsaturated/α-hetero) is 1. The number of benzene rings is 3. The van der Waals surface area contributed by atoms with Gasteiger partial charge in [-0.2, -0.15) is 0 Å². The molecule has 1 aliphatic heterocycles. The standard InChI is InChI=1S/C29H27NO7/c1-16-9-11-21(13-17(16)2)30-26(19-7-6-8-22(14-19)37-18(3)31)25(28(33)29(30)34)27(32)20-10-12-23(35-4)24(15-20)36-5/h6-15,26,32H,1-5H3/b27-25+. The summed E-state index contributed by atoms with van der Waals surface area (Å²) in [5, 5.41) is 11.4. The Morgan fingerprint density at radius 1 is 0.892 bits per heavy atom. The lowest BCUT2D eigenvalue weighted by Crippen LogP contribution is -2.29. The Balaban J connectivity index is 1.96. The number of ketones is 1. The van der Waals surface area contributed by atoms with E-state index in [4.69, 9.17) is 14.2 Å². The maximum atomic E-state index is 13.4. The summed E-state index contributed by atoms with van der Waals surface area (Å²) in [6, 6.07) is 15.7. The summed E-state index contributed by atoms with van der Waals surface area (Å²) in [6.45, 7) is 5.14. The van der Waals surface area contributed by atoms with Gasteiger partial charge in [0.25, 0.3) is 11.7 Å². The van der Waals surface area contributed by atoms with Crippen LogP contribution in [0, 0.1) is 13.8 Å². The van der Waals surface area contributed by atoms with Crippen LogP contribution in [-0.2, 0) is 14.4 Å². The van der Waals surface area contributed by atoms with Gasteiger partial charge < -0.3 is 19.3 Å². The maximum absolute atomic E-state index is 13.4. The summed E-state index contributed by atoms with van der Waals surface area (Å²) in [4.78, 5) is 39.8. The van der Waals surface area contributed by atoms with E-state index in [0.717, 1.165) is 11.1 Å². The van der Waals surface area contributed by atoms with Gasteiger partial charge in [-0.15, -0.1) is 0 Å². The van der Waals surface area contributed by atoms with Crippen molar-refractivity contribution >= 4 is 29.1 Å². The van der Waals surface area contributed by atoms with E-state index in [2.05, 4.69) is 0 Å². The van der Waals surface area contributed by atoms with Crippen LogP contribution in [0.5, 0.6) is 17.2 Å². The predicted molar refractivity (Wildman–Crippen MR) is 138 cm³/mol. The molecule has 0 radical (unpaired) electrons. The zero-order valence-corrected chi connectivity index (χ0v) is 21.2. The van der Waals surface area contributed by atoms with Crippen molar-refractivity contribution in [3.63, 3.8) is 0 Å². The van der Waals surface area contributed by atoms with Crippen LogP contribution in [0.25, 0.3) is 5.76 Å². The largest absolute Gasteiger partial charge is 0.507 e. The van der Waals surface area contributed by atoms with Gasteiger partial charge >= 0.3 is 5.97 Å². The molecule has 1 amide bonds. The van der Waals surface area contributed by atoms with E-state index in [9.17, 15) is 19.5 Å². The third-order valence-corrected chi connectivity index (χ3v) is 6.31. The maximum Gasteiger partial charge on any atom is 0.308 e. The Kier molecular flexibility index (Phi) is 7.02. The van der Waals surface area contributed by atoms with E-state index >= 15 is 0 Å². The van der Waals surface area contributed by atoms with Crippen LogP contribution >= 0.6 is 0 Å². The van der Waals surface area contributed by atoms with E-state index < -0.39 is 23.7 Å². The number of nitrogens with zero attached hydrogens (tertiary/aromatic N) is 1. The molecule has 0 spiro atoms. The van der Waals surface area contributed by atoms with Gasteiger partial charge in [0, 0.05) is 18.2 Å². The number of aliphatic hydroxyl groups excluding tert-OH is 1. The number of anilines is 1. The number of hydrogen-bond acceptors (Lipinski definition) is 7. The van der Waals surface area contributed by atoms with Crippen LogP contribution < -0.4 is 19.1 Å². The molecule has 8 nitrogen and oxygen atoms in total. The van der Waals surface area contributed by atoms with Crippen LogP contribution in [-0.4, -0.2) is 37.0 Å². The minimum absolute atomic E-state index is 0.101. The Hall–Kier alpha value is -4.59. The van der Waals surface area contributed by atoms with Crippen LogP contribution in [0.3, 0.4) is 0 Å². The smallest absolute Gasteiger partial charge is 0.308 e. The molecular formula is C29H27NO7. The van der Waals surface area contributed by atoms with Crippen molar-refractivity contribution in [1.82, 2.24) is 0 Å². The Labute approximate surface area is 214 Å². The fourth-order valence-electron chi connectivity index (χ4n) is 4.34. The second-order valence-corrected chi connectivity index (χ2v) is 8.67. The lowest BCUT2D eigenvalue weighted by molar-refractivity contribution is -0.132. The van der Waals surface area contributed by atoms with Crippen LogP contribution in [0.4, 0.5) is 5.69 Å². The highest BCUT2D eigenvalue weighted by molar-refractivity contribution is 6.51. The normalized spacial score (nSPS) is 16.6. The van der Waals surface area contributed by atoms with E-state index in [1.54, 1.807) is 42.5 Å². The number of esters is 1. The average molecular weight is 502 g/mol. The van der Waals surface area contributed by atoms with Crippen molar-refractivity contribution in [1.29, 1.82) is 0 Å². The predicted octanol–water partition coefficient (Wildman–Crippen LogP) is 4.87. The third kappa shape index (κ3) is 4.78. The van der Waals surface area contributed by atoms with E-state index in [1.807, 2.05) is 26.0 Å². The molecule has 1 fully saturated rings. The molecule has 8 heteroatoms. The van der Waals surface area contributed by atoms with Gasteiger partial charge in [-0.1, -0.05) is 18.2 Å². The molecular weight excluding hydrogens is 474 g/mol. The summed E-state index contributed by atoms with van der Waals surface area (Å²) < 4.78 is 15.9. The fourth-order valence-corrected chi connectivity index (χ4v) is 4.34. The highest BCUT2D eigenvalue weighted by Crippen LogP contribution is 2.44. The summed E-state index contributed by atoms with van der Waals surface area (Å²) in [5.74, 6) is -1.45. The van der Waals surface area contributed by atoms with E-state index in [0.29, 0.717) is 22.7 Å². The van der Waals surface area contributed by atoms with Crippen molar-refractivity contribution in [2.24, 2.45) is 0 Å². The fraction of sp³-hybridized carbons (Fsp3) is 0.207. The zero-order valence-electron chi connectivity index (χ0n) is 21.2. The molecule has 0 aliphatic carbocycles. The van der Waals surface area contributed by atoms with Gasteiger partial charge in [-0.25, -0.2) is 0 Å². The van der Waals surface area contributed by atoms with E-state index in [-0.39, 0.29) is 22.6 Å². The molecule has 37 heavy (non-hydrogen) atoms. The molecule has 0 aromatic heterocycles. The lowest BCUT2D eigenvalue weighted by Gasteiger charge is -2.26. The molecule has 0 bridgehead atoms. The summed E-state index contributed by atoms with van der Waals surface area (Å²) in [6.07, 6.45) is 0. The first-order valence-electron chi connectivity index (χ1n) is 11.5. The number of hydrogen-bond donors (Lipinski definition) is 1. The molecule has 3 aromatic rings. The second kappa shape index (κ2) is 10.2. The van der Waals surface area contributed by atoms with Gasteiger partial charge in [0.15, 0.2) is 11.5 Å². The first-order chi connectivity index (χ1) is 17.7. The third-order valence-electron chi connectivity index (χ3n) is 6.31. The summed E-state index contributed by atoms with van der Waals surface area (Å²) in [5.41, 5.74) is 3.12. The Bertz CT molecular complexity index is 1440. The molecule has 4 rings (SSSR count). The van der Waals surface area contributed by atoms with Crippen molar-refractivity contribution < 1.29 is 33.7 Å². The number of carbonyl (C=O) groups is 3. The molecule has 1 saturated heterocycles. The number of carbonyl (C=O) groups excluding carboxylic acids is 3. The quantitative estimate of drug-likeness (QED) is 0.169. The molecule has 1 aliphatic rings. The number of rotatable bonds is 6. The zero-order chi connectivity index (χ0) is 26.9. The van der Waals surface area contributed by atoms with Crippen molar-refractivity contribution in [3.05, 3.63) is 88.5 Å². The molecule has 1 unspecified atom stereocenters. The van der Waals surface area contributed by atoms with Crippen LogP contribution in [0.2, 0.25) is 0 Å². The van der Waals surface area contributed by atoms with Gasteiger partial charge in [0.05, 0.1) is 25.8 Å². The Morgan fingerprint density at radius 3 is 2.27 bits per heavy atom. The van der Waals surface area contributed by atoms with Gasteiger partial charge in [0.2, 0.25) is 0 Å². The number of aryl methyl sites for hydroxylation is 2. The minimum Gasteiger partial charge on any atom is -0.507 e. The van der Waals surface area contributed by atoms with Crippen molar-refractivity contribution in [2.45, 2.75) is 26.8 Å². The SMILES string of the molecule is COc1ccc(/C(O)=C2\C(=O)C(=O)N(c3ccc(C)c(C)c3)C2c2cccc(OC(C)=O)c2)cc1OC. The van der Waals surface area contributed by atoms with Crippen LogP contribution in [0.1, 0.15) is 35.2 Å². The summed E-state index contributed by atoms with van der Waals surface area (Å²) >= 11 is 0. The number of ether oxygens (including phenoxy) is 3. The molecule has 1 N–H and O–H groups in total. The van der Waals surface area contributed by atoms with E-state index in [1.165, 1.54) is 32.1 Å². The van der Waals surface area contributed by atoms with Crippen LogP contribution in [0.15, 0.2) is 66.2 Å². The first kappa shape index (κ1) is 25.5. The highest BCUT2D eigenvalue weighted by Gasteiger charge is 2.47. The molecule has 1 atom stereocenters. The van der Waals surface area contributed by atoms with Gasteiger partial charge in [-0.3, -0.25) is 19.3 Å². The molecule has 190 valence electrons. The molecule has 0 saturated carbocycles. The van der Waals surface area contributed by atoms with Gasteiger partial charge in [-0.05, 0) is 73.0 Å². The summed E-state index contributed by atoms with van der Waals surface area (Å²) in [7, 11) is 2.95. The number of aliphatic hydroxyl groups is 1. The Morgan fingerprint density at radius 2 is 1.62 bits per heavy atom.